The Kier molecular flexibility index (Phi) is 2.95. The Morgan fingerprint density at radius 2 is 1.76 bits per heavy atom. The second-order valence-corrected chi connectivity index (χ2v) is 6.03. The molecule has 0 saturated heterocycles. The smallest absolute Gasteiger partial charge is 0.106 e. The zero-order valence-electron chi connectivity index (χ0n) is 11.2. The van der Waals surface area contributed by atoms with Crippen LogP contribution >= 0.6 is 11.3 Å². The van der Waals surface area contributed by atoms with Crippen LogP contribution < -0.4 is 0 Å². The van der Waals surface area contributed by atoms with Crippen LogP contribution in [0.5, 0.6) is 0 Å². The molecule has 0 bridgehead atoms. The van der Waals surface area contributed by atoms with Gasteiger partial charge in [-0.25, -0.2) is 0 Å². The third-order valence-corrected chi connectivity index (χ3v) is 4.58. The molecule has 1 N–H and O–H groups in total. The van der Waals surface area contributed by atoms with Crippen LogP contribution in [0.1, 0.15) is 17.2 Å². The molecule has 0 fully saturated rings. The normalized spacial score (nSPS) is 12.8. The molecule has 2 aromatic heterocycles. The second kappa shape index (κ2) is 4.95. The SMILES string of the molecule is OC(c1ccc2ccccc2c1)c1cnc2ccsc2c1. The van der Waals surface area contributed by atoms with Gasteiger partial charge in [0.05, 0.1) is 10.2 Å². The van der Waals surface area contributed by atoms with Crippen molar-refractivity contribution in [3.8, 4) is 0 Å². The molecular weight excluding hydrogens is 278 g/mol. The van der Waals surface area contributed by atoms with Crippen LogP contribution in [0.3, 0.4) is 0 Å². The number of fused-ring (bicyclic) bond motifs is 2. The topological polar surface area (TPSA) is 33.1 Å². The molecule has 4 aromatic rings. The average Bonchev–Trinajstić information content (AvgIpc) is 3.01. The number of aromatic nitrogens is 1. The van der Waals surface area contributed by atoms with Crippen molar-refractivity contribution in [1.82, 2.24) is 4.98 Å². The zero-order chi connectivity index (χ0) is 14.2. The third kappa shape index (κ3) is 2.20. The van der Waals surface area contributed by atoms with E-state index in [0.29, 0.717) is 0 Å². The summed E-state index contributed by atoms with van der Waals surface area (Å²) in [6.45, 7) is 0. The molecule has 0 radical (unpaired) electrons. The van der Waals surface area contributed by atoms with Crippen molar-refractivity contribution in [2.24, 2.45) is 0 Å². The fourth-order valence-corrected chi connectivity index (χ4v) is 3.37. The molecule has 3 heteroatoms. The number of aliphatic hydroxyl groups excluding tert-OH is 1. The predicted octanol–water partition coefficient (Wildman–Crippen LogP) is 4.53. The Morgan fingerprint density at radius 3 is 2.67 bits per heavy atom. The van der Waals surface area contributed by atoms with Crippen LogP contribution in [-0.2, 0) is 0 Å². The van der Waals surface area contributed by atoms with Crippen molar-refractivity contribution >= 4 is 32.3 Å². The van der Waals surface area contributed by atoms with E-state index in [1.54, 1.807) is 17.5 Å². The summed E-state index contributed by atoms with van der Waals surface area (Å²) < 4.78 is 1.10. The van der Waals surface area contributed by atoms with E-state index < -0.39 is 6.10 Å². The molecule has 1 unspecified atom stereocenters. The van der Waals surface area contributed by atoms with Gasteiger partial charge in [-0.05, 0) is 39.9 Å². The van der Waals surface area contributed by atoms with Gasteiger partial charge in [0.2, 0.25) is 0 Å². The Labute approximate surface area is 126 Å². The first kappa shape index (κ1) is 12.5. The standard InChI is InChI=1S/C18H13NOS/c20-18(15-10-17-16(19-11-15)7-8-21-17)14-6-5-12-3-1-2-4-13(12)9-14/h1-11,18,20H. The number of benzene rings is 2. The van der Waals surface area contributed by atoms with E-state index in [1.165, 1.54) is 5.39 Å². The lowest BCUT2D eigenvalue weighted by atomic mass is 9.99. The monoisotopic (exact) mass is 291 g/mol. The average molecular weight is 291 g/mol. The minimum Gasteiger partial charge on any atom is -0.384 e. The van der Waals surface area contributed by atoms with E-state index in [0.717, 1.165) is 26.7 Å². The van der Waals surface area contributed by atoms with Gasteiger partial charge in [0.15, 0.2) is 0 Å². The van der Waals surface area contributed by atoms with Crippen LogP contribution in [0.25, 0.3) is 21.0 Å². The zero-order valence-corrected chi connectivity index (χ0v) is 12.0. The van der Waals surface area contributed by atoms with Gasteiger partial charge in [-0.2, -0.15) is 0 Å². The van der Waals surface area contributed by atoms with Gasteiger partial charge >= 0.3 is 0 Å². The summed E-state index contributed by atoms with van der Waals surface area (Å²) in [5.41, 5.74) is 2.71. The maximum atomic E-state index is 10.6. The van der Waals surface area contributed by atoms with Crippen LogP contribution in [0.4, 0.5) is 0 Å². The highest BCUT2D eigenvalue weighted by molar-refractivity contribution is 7.17. The van der Waals surface area contributed by atoms with Gasteiger partial charge in [-0.15, -0.1) is 11.3 Å². The molecule has 2 aromatic carbocycles. The molecule has 0 aliphatic heterocycles. The van der Waals surface area contributed by atoms with E-state index in [2.05, 4.69) is 17.1 Å². The first-order valence-electron chi connectivity index (χ1n) is 6.81. The molecular formula is C18H13NOS. The number of hydrogen-bond donors (Lipinski definition) is 1. The van der Waals surface area contributed by atoms with Crippen LogP contribution in [0.15, 0.2) is 66.2 Å². The van der Waals surface area contributed by atoms with Crippen molar-refractivity contribution in [3.05, 3.63) is 77.3 Å². The lowest BCUT2D eigenvalue weighted by Gasteiger charge is -2.12. The number of pyridine rings is 1. The fraction of sp³-hybridized carbons (Fsp3) is 0.0556. The van der Waals surface area contributed by atoms with Crippen LogP contribution in [-0.4, -0.2) is 10.1 Å². The Hall–Kier alpha value is -2.23. The quantitative estimate of drug-likeness (QED) is 0.588. The largest absolute Gasteiger partial charge is 0.384 e. The van der Waals surface area contributed by atoms with Gasteiger partial charge < -0.3 is 5.11 Å². The maximum absolute atomic E-state index is 10.6. The molecule has 0 spiro atoms. The molecule has 0 saturated carbocycles. The number of aliphatic hydroxyl groups is 1. The molecule has 2 heterocycles. The van der Waals surface area contributed by atoms with Crippen LogP contribution in [0, 0.1) is 0 Å². The van der Waals surface area contributed by atoms with E-state index in [9.17, 15) is 5.11 Å². The number of hydrogen-bond acceptors (Lipinski definition) is 3. The molecule has 102 valence electrons. The summed E-state index contributed by atoms with van der Waals surface area (Å²) in [5.74, 6) is 0. The highest BCUT2D eigenvalue weighted by Crippen LogP contribution is 2.28. The maximum Gasteiger partial charge on any atom is 0.106 e. The molecule has 4 rings (SSSR count). The van der Waals surface area contributed by atoms with Crippen molar-refractivity contribution in [1.29, 1.82) is 0 Å². The molecule has 2 nitrogen and oxygen atoms in total. The second-order valence-electron chi connectivity index (χ2n) is 5.08. The summed E-state index contributed by atoms with van der Waals surface area (Å²) >= 11 is 1.64. The van der Waals surface area contributed by atoms with Crippen LogP contribution in [0.2, 0.25) is 0 Å². The number of thiophene rings is 1. The molecule has 21 heavy (non-hydrogen) atoms. The number of nitrogens with zero attached hydrogens (tertiary/aromatic N) is 1. The summed E-state index contributed by atoms with van der Waals surface area (Å²) in [4.78, 5) is 4.40. The summed E-state index contributed by atoms with van der Waals surface area (Å²) in [6.07, 6.45) is 1.11. The Morgan fingerprint density at radius 1 is 0.905 bits per heavy atom. The highest BCUT2D eigenvalue weighted by atomic mass is 32.1. The number of rotatable bonds is 2. The first-order chi connectivity index (χ1) is 10.3. The molecule has 0 amide bonds. The molecule has 1 atom stereocenters. The van der Waals surface area contributed by atoms with Crippen molar-refractivity contribution in [2.45, 2.75) is 6.10 Å². The van der Waals surface area contributed by atoms with Crippen molar-refractivity contribution < 1.29 is 5.11 Å². The third-order valence-electron chi connectivity index (χ3n) is 3.73. The summed E-state index contributed by atoms with van der Waals surface area (Å²) in [7, 11) is 0. The van der Waals surface area contributed by atoms with Crippen molar-refractivity contribution in [3.63, 3.8) is 0 Å². The minimum atomic E-state index is -0.645. The van der Waals surface area contributed by atoms with Gasteiger partial charge in [0.25, 0.3) is 0 Å². The Balaban J connectivity index is 1.79. The lowest BCUT2D eigenvalue weighted by Crippen LogP contribution is -2.00. The van der Waals surface area contributed by atoms with Gasteiger partial charge in [0, 0.05) is 11.8 Å². The van der Waals surface area contributed by atoms with E-state index in [4.69, 9.17) is 0 Å². The van der Waals surface area contributed by atoms with Gasteiger partial charge in [-0.1, -0.05) is 36.4 Å². The summed E-state index contributed by atoms with van der Waals surface area (Å²) in [5, 5.41) is 14.9. The Bertz CT molecular complexity index is 928. The highest BCUT2D eigenvalue weighted by Gasteiger charge is 2.12. The minimum absolute atomic E-state index is 0.645. The van der Waals surface area contributed by atoms with Crippen molar-refractivity contribution in [2.75, 3.05) is 0 Å². The van der Waals surface area contributed by atoms with Gasteiger partial charge in [0.1, 0.15) is 6.10 Å². The molecule has 0 aliphatic carbocycles. The van der Waals surface area contributed by atoms with E-state index >= 15 is 0 Å². The first-order valence-corrected chi connectivity index (χ1v) is 7.69. The summed E-state index contributed by atoms with van der Waals surface area (Å²) in [6, 6.07) is 18.2. The predicted molar refractivity (Wildman–Crippen MR) is 87.6 cm³/mol. The van der Waals surface area contributed by atoms with E-state index in [-0.39, 0.29) is 0 Å². The molecule has 0 aliphatic rings. The lowest BCUT2D eigenvalue weighted by molar-refractivity contribution is 0.220. The van der Waals surface area contributed by atoms with Gasteiger partial charge in [-0.3, -0.25) is 4.98 Å². The van der Waals surface area contributed by atoms with E-state index in [1.807, 2.05) is 47.8 Å². The fourth-order valence-electron chi connectivity index (χ4n) is 2.58.